The molecule has 0 heterocycles. The Balaban J connectivity index is 2.38. The predicted molar refractivity (Wildman–Crippen MR) is 60.4 cm³/mol. The highest BCUT2D eigenvalue weighted by atomic mass is 16.5. The van der Waals surface area contributed by atoms with Crippen LogP contribution in [0.4, 0.5) is 0 Å². The summed E-state index contributed by atoms with van der Waals surface area (Å²) in [7, 11) is 0. The van der Waals surface area contributed by atoms with Gasteiger partial charge in [-0.25, -0.2) is 0 Å². The monoisotopic (exact) mass is 186 g/mol. The van der Waals surface area contributed by atoms with Crippen LogP contribution in [0.5, 0.6) is 5.75 Å². The molecule has 1 nitrogen and oxygen atoms in total. The van der Waals surface area contributed by atoms with Crippen LogP contribution < -0.4 is 4.74 Å². The summed E-state index contributed by atoms with van der Waals surface area (Å²) in [6.45, 7) is 7.94. The molecule has 0 saturated heterocycles. The van der Waals surface area contributed by atoms with Crippen LogP contribution in [0.25, 0.3) is 0 Å². The molecule has 1 aromatic rings. The number of para-hydroxylation sites is 1. The lowest BCUT2D eigenvalue weighted by molar-refractivity contribution is 0.356. The summed E-state index contributed by atoms with van der Waals surface area (Å²) in [5, 5.41) is 0. The van der Waals surface area contributed by atoms with Crippen molar-refractivity contribution in [2.45, 2.75) is 0 Å². The van der Waals surface area contributed by atoms with Gasteiger partial charge < -0.3 is 4.74 Å². The maximum absolute atomic E-state index is 5.48. The quantitative estimate of drug-likeness (QED) is 0.641. The minimum Gasteiger partial charge on any atom is -0.489 e. The zero-order chi connectivity index (χ0) is 10.2. The van der Waals surface area contributed by atoms with Gasteiger partial charge in [-0.2, -0.15) is 0 Å². The van der Waals surface area contributed by atoms with Crippen LogP contribution in [0.15, 0.2) is 67.3 Å². The van der Waals surface area contributed by atoms with Crippen molar-refractivity contribution in [1.82, 2.24) is 0 Å². The summed E-state index contributed by atoms with van der Waals surface area (Å²) < 4.78 is 5.48. The summed E-state index contributed by atoms with van der Waals surface area (Å²) in [5.74, 6) is 0.862. The Bertz CT molecular complexity index is 322. The van der Waals surface area contributed by atoms with Crippen molar-refractivity contribution in [2.24, 2.45) is 0 Å². The lowest BCUT2D eigenvalue weighted by Gasteiger charge is -2.04. The minimum atomic E-state index is 0.508. The highest BCUT2D eigenvalue weighted by Gasteiger charge is 1.91. The molecule has 0 bridgehead atoms. The summed E-state index contributed by atoms with van der Waals surface area (Å²) >= 11 is 0. The number of benzene rings is 1. The molecular formula is C13H14O. The van der Waals surface area contributed by atoms with Crippen LogP contribution in [0.1, 0.15) is 0 Å². The van der Waals surface area contributed by atoms with Crippen molar-refractivity contribution in [3.05, 3.63) is 67.3 Å². The molecule has 0 amide bonds. The van der Waals surface area contributed by atoms with E-state index in [9.17, 15) is 0 Å². The molecule has 0 aliphatic heterocycles. The fourth-order valence-corrected chi connectivity index (χ4v) is 0.945. The second-order valence-corrected chi connectivity index (χ2v) is 2.85. The molecule has 0 aliphatic carbocycles. The van der Waals surface area contributed by atoms with E-state index in [1.54, 1.807) is 6.08 Å². The molecule has 72 valence electrons. The minimum absolute atomic E-state index is 0.508. The number of allylic oxidation sites excluding steroid dienone is 2. The van der Waals surface area contributed by atoms with Gasteiger partial charge in [-0.3, -0.25) is 0 Å². The smallest absolute Gasteiger partial charge is 0.119 e. The van der Waals surface area contributed by atoms with Gasteiger partial charge in [0.05, 0.1) is 0 Å². The summed E-state index contributed by atoms with van der Waals surface area (Å²) in [6, 6.07) is 9.68. The molecule has 0 unspecified atom stereocenters. The Morgan fingerprint density at radius 3 is 2.64 bits per heavy atom. The zero-order valence-electron chi connectivity index (χ0n) is 8.15. The second-order valence-electron chi connectivity index (χ2n) is 2.85. The van der Waals surface area contributed by atoms with Crippen LogP contribution in [-0.2, 0) is 0 Å². The van der Waals surface area contributed by atoms with Gasteiger partial charge in [0.1, 0.15) is 12.4 Å². The molecule has 1 heteroatoms. The van der Waals surface area contributed by atoms with E-state index in [0.717, 1.165) is 11.3 Å². The number of hydrogen-bond acceptors (Lipinski definition) is 1. The van der Waals surface area contributed by atoms with Crippen molar-refractivity contribution < 1.29 is 4.74 Å². The van der Waals surface area contributed by atoms with Crippen LogP contribution in [0.2, 0.25) is 0 Å². The average Bonchev–Trinajstić information content (AvgIpc) is 2.25. The van der Waals surface area contributed by atoms with Crippen LogP contribution >= 0.6 is 0 Å². The molecule has 0 radical (unpaired) electrons. The SMILES string of the molecule is C=C/C=C\C(=C)COc1ccccc1. The molecule has 0 aliphatic rings. The van der Waals surface area contributed by atoms with Crippen molar-refractivity contribution >= 4 is 0 Å². The summed E-state index contributed by atoms with van der Waals surface area (Å²) in [4.78, 5) is 0. The van der Waals surface area contributed by atoms with Crippen molar-refractivity contribution in [1.29, 1.82) is 0 Å². The van der Waals surface area contributed by atoms with E-state index < -0.39 is 0 Å². The van der Waals surface area contributed by atoms with E-state index >= 15 is 0 Å². The van der Waals surface area contributed by atoms with Gasteiger partial charge in [-0.1, -0.05) is 49.6 Å². The molecule has 0 fully saturated rings. The highest BCUT2D eigenvalue weighted by molar-refractivity contribution is 5.24. The van der Waals surface area contributed by atoms with Gasteiger partial charge in [0, 0.05) is 0 Å². The first-order valence-corrected chi connectivity index (χ1v) is 4.47. The molecule has 0 saturated carbocycles. The third kappa shape index (κ3) is 3.76. The van der Waals surface area contributed by atoms with Crippen LogP contribution in [-0.4, -0.2) is 6.61 Å². The van der Waals surface area contributed by atoms with Gasteiger partial charge in [0.25, 0.3) is 0 Å². The molecule has 0 N–H and O–H groups in total. The van der Waals surface area contributed by atoms with Crippen LogP contribution in [0, 0.1) is 0 Å². The maximum atomic E-state index is 5.48. The largest absolute Gasteiger partial charge is 0.489 e. The van der Waals surface area contributed by atoms with Gasteiger partial charge >= 0.3 is 0 Å². The van der Waals surface area contributed by atoms with E-state index in [1.807, 2.05) is 42.5 Å². The third-order valence-corrected chi connectivity index (χ3v) is 1.64. The Kier molecular flexibility index (Phi) is 4.29. The highest BCUT2D eigenvalue weighted by Crippen LogP contribution is 2.09. The Hall–Kier alpha value is -1.76. The first-order valence-electron chi connectivity index (χ1n) is 4.47. The Labute approximate surface area is 85.0 Å². The maximum Gasteiger partial charge on any atom is 0.119 e. The lowest BCUT2D eigenvalue weighted by atomic mass is 10.3. The van der Waals surface area contributed by atoms with E-state index in [1.165, 1.54) is 0 Å². The fourth-order valence-electron chi connectivity index (χ4n) is 0.945. The van der Waals surface area contributed by atoms with Gasteiger partial charge in [-0.05, 0) is 17.7 Å². The normalized spacial score (nSPS) is 10.0. The standard InChI is InChI=1S/C13H14O/c1-3-4-8-12(2)11-14-13-9-6-5-7-10-13/h3-10H,1-2,11H2/b8-4-. The van der Waals surface area contributed by atoms with E-state index in [4.69, 9.17) is 4.74 Å². The van der Waals surface area contributed by atoms with E-state index in [0.29, 0.717) is 6.61 Å². The zero-order valence-corrected chi connectivity index (χ0v) is 8.15. The van der Waals surface area contributed by atoms with E-state index in [2.05, 4.69) is 13.2 Å². The molecular weight excluding hydrogens is 172 g/mol. The van der Waals surface area contributed by atoms with Gasteiger partial charge in [-0.15, -0.1) is 0 Å². The Morgan fingerprint density at radius 2 is 2.00 bits per heavy atom. The number of hydrogen-bond donors (Lipinski definition) is 0. The Morgan fingerprint density at radius 1 is 1.29 bits per heavy atom. The molecule has 0 atom stereocenters. The third-order valence-electron chi connectivity index (χ3n) is 1.64. The van der Waals surface area contributed by atoms with E-state index in [-0.39, 0.29) is 0 Å². The van der Waals surface area contributed by atoms with Crippen molar-refractivity contribution in [2.75, 3.05) is 6.61 Å². The van der Waals surface area contributed by atoms with Gasteiger partial charge in [0.15, 0.2) is 0 Å². The van der Waals surface area contributed by atoms with Crippen molar-refractivity contribution in [3.8, 4) is 5.75 Å². The topological polar surface area (TPSA) is 9.23 Å². The first-order chi connectivity index (χ1) is 6.83. The number of ether oxygens (including phenoxy) is 1. The molecule has 0 spiro atoms. The lowest BCUT2D eigenvalue weighted by Crippen LogP contribution is -1.97. The molecule has 0 aromatic heterocycles. The summed E-state index contributed by atoms with van der Waals surface area (Å²) in [5.41, 5.74) is 0.925. The summed E-state index contributed by atoms with van der Waals surface area (Å²) in [6.07, 6.45) is 5.44. The predicted octanol–water partition coefficient (Wildman–Crippen LogP) is 3.36. The fraction of sp³-hybridized carbons (Fsp3) is 0.0769. The average molecular weight is 186 g/mol. The number of rotatable bonds is 5. The van der Waals surface area contributed by atoms with Gasteiger partial charge in [0.2, 0.25) is 0 Å². The second kappa shape index (κ2) is 5.81. The molecule has 1 rings (SSSR count). The molecule has 14 heavy (non-hydrogen) atoms. The van der Waals surface area contributed by atoms with Crippen LogP contribution in [0.3, 0.4) is 0 Å². The molecule has 1 aromatic carbocycles. The van der Waals surface area contributed by atoms with Crippen molar-refractivity contribution in [3.63, 3.8) is 0 Å². The first kappa shape index (κ1) is 10.3.